The standard InChI is InChI=1S/C13H15N3O2/c1-13(7-3-2-4-8-13)9-5-6-10-14-11(12(17)18)15-16(9)10/h2-4,7,9H,5-6,8H2,1H3,(H,17,18)/t9-,13?/m0/s1. The maximum atomic E-state index is 10.9. The minimum absolute atomic E-state index is 0.00345. The van der Waals surface area contributed by atoms with Gasteiger partial charge in [-0.15, -0.1) is 5.10 Å². The number of hydrogen-bond donors (Lipinski definition) is 1. The Morgan fingerprint density at radius 1 is 1.56 bits per heavy atom. The zero-order chi connectivity index (χ0) is 12.8. The fraction of sp³-hybridized carbons (Fsp3) is 0.462. The monoisotopic (exact) mass is 245 g/mol. The maximum Gasteiger partial charge on any atom is 0.375 e. The molecule has 5 heteroatoms. The third-order valence-electron chi connectivity index (χ3n) is 3.87. The molecule has 0 aromatic carbocycles. The summed E-state index contributed by atoms with van der Waals surface area (Å²) < 4.78 is 1.81. The van der Waals surface area contributed by atoms with E-state index < -0.39 is 5.97 Å². The summed E-state index contributed by atoms with van der Waals surface area (Å²) in [5.41, 5.74) is 0.00345. The summed E-state index contributed by atoms with van der Waals surface area (Å²) in [6, 6.07) is 0.203. The molecular formula is C13H15N3O2. The number of aromatic carboxylic acids is 1. The fourth-order valence-electron chi connectivity index (χ4n) is 2.85. The number of allylic oxidation sites excluding steroid dienone is 4. The number of carbonyl (C=O) groups is 1. The molecule has 94 valence electrons. The molecule has 2 heterocycles. The first-order valence-electron chi connectivity index (χ1n) is 6.13. The van der Waals surface area contributed by atoms with Crippen LogP contribution in [0.25, 0.3) is 0 Å². The molecule has 2 atom stereocenters. The van der Waals surface area contributed by atoms with Crippen molar-refractivity contribution in [3.63, 3.8) is 0 Å². The number of rotatable bonds is 2. The molecule has 1 N–H and O–H groups in total. The molecule has 0 fully saturated rings. The maximum absolute atomic E-state index is 10.9. The summed E-state index contributed by atoms with van der Waals surface area (Å²) in [6.45, 7) is 2.19. The second-order valence-corrected chi connectivity index (χ2v) is 5.15. The van der Waals surface area contributed by atoms with Crippen LogP contribution >= 0.6 is 0 Å². The quantitative estimate of drug-likeness (QED) is 0.865. The predicted molar refractivity (Wildman–Crippen MR) is 65.3 cm³/mol. The van der Waals surface area contributed by atoms with Crippen LogP contribution in [0.5, 0.6) is 0 Å². The van der Waals surface area contributed by atoms with Crippen LogP contribution in [0.2, 0.25) is 0 Å². The van der Waals surface area contributed by atoms with Crippen LogP contribution < -0.4 is 0 Å². The van der Waals surface area contributed by atoms with E-state index in [9.17, 15) is 4.79 Å². The van der Waals surface area contributed by atoms with Gasteiger partial charge in [-0.3, -0.25) is 0 Å². The molecule has 2 aliphatic rings. The van der Waals surface area contributed by atoms with Crippen molar-refractivity contribution in [2.45, 2.75) is 32.2 Å². The second kappa shape index (κ2) is 3.80. The van der Waals surface area contributed by atoms with E-state index in [0.717, 1.165) is 25.1 Å². The third-order valence-corrected chi connectivity index (χ3v) is 3.87. The highest BCUT2D eigenvalue weighted by Crippen LogP contribution is 2.44. The molecular weight excluding hydrogens is 230 g/mol. The number of aryl methyl sites for hydroxylation is 1. The van der Waals surface area contributed by atoms with E-state index in [1.54, 1.807) is 0 Å². The van der Waals surface area contributed by atoms with Gasteiger partial charge in [-0.25, -0.2) is 14.5 Å². The van der Waals surface area contributed by atoms with Gasteiger partial charge in [-0.2, -0.15) is 0 Å². The molecule has 1 aromatic rings. The number of carboxylic acids is 1. The van der Waals surface area contributed by atoms with Gasteiger partial charge in [0.2, 0.25) is 0 Å². The molecule has 1 aliphatic carbocycles. The molecule has 18 heavy (non-hydrogen) atoms. The van der Waals surface area contributed by atoms with Crippen molar-refractivity contribution in [2.24, 2.45) is 5.41 Å². The van der Waals surface area contributed by atoms with Crippen LogP contribution in [0.1, 0.15) is 42.3 Å². The predicted octanol–water partition coefficient (Wildman–Crippen LogP) is 1.99. The first-order chi connectivity index (χ1) is 8.60. The number of hydrogen-bond acceptors (Lipinski definition) is 3. The Morgan fingerprint density at radius 2 is 2.39 bits per heavy atom. The molecule has 3 rings (SSSR count). The largest absolute Gasteiger partial charge is 0.475 e. The van der Waals surface area contributed by atoms with E-state index in [1.165, 1.54) is 0 Å². The van der Waals surface area contributed by atoms with Gasteiger partial charge in [0.25, 0.3) is 5.82 Å². The number of aromatic nitrogens is 3. The summed E-state index contributed by atoms with van der Waals surface area (Å²) in [5.74, 6) is -0.352. The average Bonchev–Trinajstić information content (AvgIpc) is 2.88. The van der Waals surface area contributed by atoms with Crippen LogP contribution in [0.15, 0.2) is 24.3 Å². The van der Waals surface area contributed by atoms with Gasteiger partial charge in [0.15, 0.2) is 0 Å². The smallest absolute Gasteiger partial charge is 0.375 e. The first-order valence-corrected chi connectivity index (χ1v) is 6.13. The molecule has 0 spiro atoms. The number of fused-ring (bicyclic) bond motifs is 1. The average molecular weight is 245 g/mol. The van der Waals surface area contributed by atoms with Crippen molar-refractivity contribution in [1.29, 1.82) is 0 Å². The lowest BCUT2D eigenvalue weighted by molar-refractivity contribution is 0.0681. The lowest BCUT2D eigenvalue weighted by Gasteiger charge is -2.33. The van der Waals surface area contributed by atoms with E-state index in [1.807, 2.05) is 10.8 Å². The Labute approximate surface area is 105 Å². The lowest BCUT2D eigenvalue weighted by Crippen LogP contribution is -2.27. The van der Waals surface area contributed by atoms with Gasteiger partial charge in [-0.1, -0.05) is 31.2 Å². The molecule has 1 aliphatic heterocycles. The lowest BCUT2D eigenvalue weighted by atomic mass is 9.76. The van der Waals surface area contributed by atoms with Crippen molar-refractivity contribution < 1.29 is 9.90 Å². The van der Waals surface area contributed by atoms with Gasteiger partial charge in [0, 0.05) is 11.8 Å². The highest BCUT2D eigenvalue weighted by molar-refractivity contribution is 5.82. The Bertz CT molecular complexity index is 559. The molecule has 0 radical (unpaired) electrons. The van der Waals surface area contributed by atoms with E-state index in [2.05, 4.69) is 35.2 Å². The van der Waals surface area contributed by atoms with Crippen molar-refractivity contribution in [3.8, 4) is 0 Å². The van der Waals surface area contributed by atoms with E-state index in [4.69, 9.17) is 5.11 Å². The molecule has 0 saturated carbocycles. The Balaban J connectivity index is 1.97. The molecule has 5 nitrogen and oxygen atoms in total. The van der Waals surface area contributed by atoms with Gasteiger partial charge >= 0.3 is 5.97 Å². The Hall–Kier alpha value is -1.91. The summed E-state index contributed by atoms with van der Waals surface area (Å²) in [4.78, 5) is 15.0. The first kappa shape index (κ1) is 11.2. The normalized spacial score (nSPS) is 29.5. The van der Waals surface area contributed by atoms with E-state index >= 15 is 0 Å². The number of nitrogens with zero attached hydrogens (tertiary/aromatic N) is 3. The van der Waals surface area contributed by atoms with Crippen molar-refractivity contribution >= 4 is 5.97 Å². The summed E-state index contributed by atoms with van der Waals surface area (Å²) in [7, 11) is 0. The summed E-state index contributed by atoms with van der Waals surface area (Å²) >= 11 is 0. The van der Waals surface area contributed by atoms with E-state index in [-0.39, 0.29) is 17.3 Å². The van der Waals surface area contributed by atoms with Crippen molar-refractivity contribution in [2.75, 3.05) is 0 Å². The minimum atomic E-state index is -1.06. The molecule has 1 aromatic heterocycles. The second-order valence-electron chi connectivity index (χ2n) is 5.15. The topological polar surface area (TPSA) is 68.0 Å². The van der Waals surface area contributed by atoms with Crippen molar-refractivity contribution in [1.82, 2.24) is 14.8 Å². The summed E-state index contributed by atoms with van der Waals surface area (Å²) in [5, 5.41) is 13.1. The van der Waals surface area contributed by atoms with Gasteiger partial charge in [0.05, 0.1) is 6.04 Å². The highest BCUT2D eigenvalue weighted by Gasteiger charge is 2.39. The molecule has 0 saturated heterocycles. The molecule has 0 bridgehead atoms. The van der Waals surface area contributed by atoms with Crippen LogP contribution in [0, 0.1) is 5.41 Å². The van der Waals surface area contributed by atoms with Crippen LogP contribution in [0.4, 0.5) is 0 Å². The highest BCUT2D eigenvalue weighted by atomic mass is 16.4. The van der Waals surface area contributed by atoms with Crippen LogP contribution in [-0.2, 0) is 6.42 Å². The summed E-state index contributed by atoms with van der Waals surface area (Å²) in [6.07, 6.45) is 11.2. The van der Waals surface area contributed by atoms with Crippen molar-refractivity contribution in [3.05, 3.63) is 36.0 Å². The molecule has 1 unspecified atom stereocenters. The Morgan fingerprint density at radius 3 is 3.06 bits per heavy atom. The fourth-order valence-corrected chi connectivity index (χ4v) is 2.85. The van der Waals surface area contributed by atoms with Gasteiger partial charge in [-0.05, 0) is 12.8 Å². The minimum Gasteiger partial charge on any atom is -0.475 e. The van der Waals surface area contributed by atoms with Gasteiger partial charge < -0.3 is 5.11 Å². The van der Waals surface area contributed by atoms with E-state index in [0.29, 0.717) is 0 Å². The zero-order valence-corrected chi connectivity index (χ0v) is 10.2. The number of carboxylic acid groups (broad SMARTS) is 1. The van der Waals surface area contributed by atoms with Crippen LogP contribution in [-0.4, -0.2) is 25.8 Å². The zero-order valence-electron chi connectivity index (χ0n) is 10.2. The SMILES string of the molecule is CC1([C@@H]2CCc3nc(C(=O)O)nn32)C=CC=CC1. The molecule has 0 amide bonds. The van der Waals surface area contributed by atoms with Crippen LogP contribution in [0.3, 0.4) is 0 Å². The third kappa shape index (κ3) is 1.58. The van der Waals surface area contributed by atoms with Gasteiger partial charge in [0.1, 0.15) is 5.82 Å². The Kier molecular flexibility index (Phi) is 2.36.